The molecule has 3 heteroatoms. The average Bonchev–Trinajstić information content (AvgIpc) is 2.99. The molecule has 2 atom stereocenters. The molecule has 1 aliphatic carbocycles. The summed E-state index contributed by atoms with van der Waals surface area (Å²) in [5.74, 6) is 0. The number of likely N-dealkylation sites (N-methyl/N-ethyl adjacent to an activating group) is 1. The third-order valence-electron chi connectivity index (χ3n) is 3.85. The largest absolute Gasteiger partial charge is 0.377 e. The Bertz CT molecular complexity index is 206. The predicted molar refractivity (Wildman–Crippen MR) is 66.7 cm³/mol. The van der Waals surface area contributed by atoms with Crippen LogP contribution in [0.25, 0.3) is 0 Å². The van der Waals surface area contributed by atoms with Crippen molar-refractivity contribution < 1.29 is 4.74 Å². The fourth-order valence-electron chi connectivity index (χ4n) is 2.54. The van der Waals surface area contributed by atoms with Crippen LogP contribution in [0.15, 0.2) is 0 Å². The summed E-state index contributed by atoms with van der Waals surface area (Å²) in [7, 11) is 2.24. The average molecular weight is 226 g/mol. The van der Waals surface area contributed by atoms with E-state index in [0.717, 1.165) is 12.6 Å². The minimum Gasteiger partial charge on any atom is -0.377 e. The van der Waals surface area contributed by atoms with Crippen molar-refractivity contribution in [2.45, 2.75) is 57.2 Å². The van der Waals surface area contributed by atoms with Gasteiger partial charge in [0.1, 0.15) is 0 Å². The normalized spacial score (nSPS) is 30.2. The van der Waals surface area contributed by atoms with Gasteiger partial charge in [0.15, 0.2) is 0 Å². The highest BCUT2D eigenvalue weighted by molar-refractivity contribution is 4.81. The lowest BCUT2D eigenvalue weighted by Crippen LogP contribution is -2.37. The molecule has 2 aliphatic rings. The van der Waals surface area contributed by atoms with Gasteiger partial charge in [0.05, 0.1) is 6.10 Å². The van der Waals surface area contributed by atoms with Gasteiger partial charge in [0.2, 0.25) is 0 Å². The fraction of sp³-hybridized carbons (Fsp3) is 1.00. The zero-order valence-corrected chi connectivity index (χ0v) is 10.7. The van der Waals surface area contributed by atoms with Gasteiger partial charge in [-0.2, -0.15) is 0 Å². The van der Waals surface area contributed by atoms with E-state index in [9.17, 15) is 0 Å². The Labute approximate surface area is 99.5 Å². The number of nitrogens with one attached hydrogen (secondary N) is 1. The molecular weight excluding hydrogens is 200 g/mol. The van der Waals surface area contributed by atoms with Crippen molar-refractivity contribution >= 4 is 0 Å². The van der Waals surface area contributed by atoms with E-state index >= 15 is 0 Å². The number of unbranched alkanes of at least 4 members (excludes halogenated alkanes) is 1. The summed E-state index contributed by atoms with van der Waals surface area (Å²) in [6.45, 7) is 5.56. The highest BCUT2D eigenvalue weighted by Gasteiger charge is 2.27. The van der Waals surface area contributed by atoms with E-state index in [1.807, 2.05) is 0 Å². The molecule has 2 rings (SSSR count). The smallest absolute Gasteiger partial charge is 0.0702 e. The maximum Gasteiger partial charge on any atom is 0.0702 e. The second-order valence-electron chi connectivity index (χ2n) is 5.35. The van der Waals surface area contributed by atoms with Crippen LogP contribution < -0.4 is 5.32 Å². The van der Waals surface area contributed by atoms with Crippen LogP contribution in [0.1, 0.15) is 39.0 Å². The molecule has 1 heterocycles. The summed E-state index contributed by atoms with van der Waals surface area (Å²) in [6, 6.07) is 1.51. The van der Waals surface area contributed by atoms with Gasteiger partial charge in [-0.15, -0.1) is 0 Å². The molecule has 0 aromatic carbocycles. The Morgan fingerprint density at radius 2 is 2.06 bits per heavy atom. The van der Waals surface area contributed by atoms with Gasteiger partial charge in [-0.25, -0.2) is 0 Å². The van der Waals surface area contributed by atoms with Crippen LogP contribution in [0.5, 0.6) is 0 Å². The second-order valence-corrected chi connectivity index (χ2v) is 5.35. The van der Waals surface area contributed by atoms with E-state index in [1.165, 1.54) is 45.2 Å². The van der Waals surface area contributed by atoms with Crippen LogP contribution in [0, 0.1) is 0 Å². The monoisotopic (exact) mass is 226 g/mol. The molecule has 2 unspecified atom stereocenters. The van der Waals surface area contributed by atoms with Gasteiger partial charge in [-0.05, 0) is 59.2 Å². The number of hydrogen-bond acceptors (Lipinski definition) is 3. The molecule has 0 aromatic heterocycles. The molecule has 0 amide bonds. The summed E-state index contributed by atoms with van der Waals surface area (Å²) >= 11 is 0. The summed E-state index contributed by atoms with van der Waals surface area (Å²) in [5, 5.41) is 3.57. The fourth-order valence-corrected chi connectivity index (χ4v) is 2.54. The van der Waals surface area contributed by atoms with Crippen LogP contribution in [-0.2, 0) is 4.74 Å². The van der Waals surface area contributed by atoms with Crippen molar-refractivity contribution in [3.63, 3.8) is 0 Å². The van der Waals surface area contributed by atoms with Crippen LogP contribution >= 0.6 is 0 Å². The second kappa shape index (κ2) is 5.99. The van der Waals surface area contributed by atoms with Gasteiger partial charge in [-0.3, -0.25) is 0 Å². The van der Waals surface area contributed by atoms with Crippen molar-refractivity contribution in [1.82, 2.24) is 10.2 Å². The molecule has 1 saturated heterocycles. The highest BCUT2D eigenvalue weighted by atomic mass is 16.5. The third-order valence-corrected chi connectivity index (χ3v) is 3.85. The lowest BCUT2D eigenvalue weighted by Gasteiger charge is -2.26. The topological polar surface area (TPSA) is 24.5 Å². The van der Waals surface area contributed by atoms with Crippen molar-refractivity contribution in [2.24, 2.45) is 0 Å². The Morgan fingerprint density at radius 1 is 1.25 bits per heavy atom. The lowest BCUT2D eigenvalue weighted by molar-refractivity contribution is 0.0832. The maximum atomic E-state index is 5.60. The molecule has 0 bridgehead atoms. The minimum atomic E-state index is 0.426. The van der Waals surface area contributed by atoms with E-state index in [4.69, 9.17) is 4.74 Å². The molecule has 0 radical (unpaired) electrons. The SMILES string of the molecule is CC1OCCC1N(C)CCCCNC1CC1. The number of hydrogen-bond donors (Lipinski definition) is 1. The minimum absolute atomic E-state index is 0.426. The van der Waals surface area contributed by atoms with Crippen molar-refractivity contribution in [3.8, 4) is 0 Å². The molecule has 2 fully saturated rings. The Hall–Kier alpha value is -0.120. The van der Waals surface area contributed by atoms with Gasteiger partial charge >= 0.3 is 0 Å². The summed E-state index contributed by atoms with van der Waals surface area (Å²) in [6.07, 6.45) is 7.04. The molecule has 94 valence electrons. The first-order valence-electron chi connectivity index (χ1n) is 6.82. The number of rotatable bonds is 7. The van der Waals surface area contributed by atoms with Crippen molar-refractivity contribution in [2.75, 3.05) is 26.7 Å². The summed E-state index contributed by atoms with van der Waals surface area (Å²) in [4.78, 5) is 2.48. The van der Waals surface area contributed by atoms with Crippen LogP contribution in [-0.4, -0.2) is 49.8 Å². The van der Waals surface area contributed by atoms with E-state index in [-0.39, 0.29) is 0 Å². The Kier molecular flexibility index (Phi) is 4.62. The molecule has 0 aromatic rings. The third kappa shape index (κ3) is 3.72. The molecule has 16 heavy (non-hydrogen) atoms. The zero-order valence-electron chi connectivity index (χ0n) is 10.7. The summed E-state index contributed by atoms with van der Waals surface area (Å²) in [5.41, 5.74) is 0. The number of nitrogens with zero attached hydrogens (tertiary/aromatic N) is 1. The van der Waals surface area contributed by atoms with Crippen LogP contribution in [0.2, 0.25) is 0 Å². The molecule has 1 aliphatic heterocycles. The predicted octanol–water partition coefficient (Wildman–Crippen LogP) is 1.63. The maximum absolute atomic E-state index is 5.60. The quantitative estimate of drug-likeness (QED) is 0.668. The van der Waals surface area contributed by atoms with Crippen molar-refractivity contribution in [3.05, 3.63) is 0 Å². The first kappa shape index (κ1) is 12.3. The standard InChI is InChI=1S/C13H26N2O/c1-11-13(7-10-16-11)15(2)9-4-3-8-14-12-5-6-12/h11-14H,3-10H2,1-2H3. The number of ether oxygens (including phenoxy) is 1. The van der Waals surface area contributed by atoms with Crippen LogP contribution in [0.3, 0.4) is 0 Å². The molecular formula is C13H26N2O. The highest BCUT2D eigenvalue weighted by Crippen LogP contribution is 2.19. The van der Waals surface area contributed by atoms with Crippen molar-refractivity contribution in [1.29, 1.82) is 0 Å². The van der Waals surface area contributed by atoms with E-state index in [0.29, 0.717) is 12.1 Å². The first-order valence-corrected chi connectivity index (χ1v) is 6.82. The Balaban J connectivity index is 1.50. The van der Waals surface area contributed by atoms with Gasteiger partial charge in [0.25, 0.3) is 0 Å². The summed E-state index contributed by atoms with van der Waals surface area (Å²) < 4.78 is 5.60. The Morgan fingerprint density at radius 3 is 2.69 bits per heavy atom. The van der Waals surface area contributed by atoms with Gasteiger partial charge in [0, 0.05) is 18.7 Å². The molecule has 1 N–H and O–H groups in total. The van der Waals surface area contributed by atoms with Gasteiger partial charge < -0.3 is 15.0 Å². The lowest BCUT2D eigenvalue weighted by atomic mass is 10.1. The van der Waals surface area contributed by atoms with Crippen LogP contribution in [0.4, 0.5) is 0 Å². The van der Waals surface area contributed by atoms with E-state index in [1.54, 1.807) is 0 Å². The van der Waals surface area contributed by atoms with E-state index in [2.05, 4.69) is 24.2 Å². The zero-order chi connectivity index (χ0) is 11.4. The first-order chi connectivity index (χ1) is 7.77. The van der Waals surface area contributed by atoms with Gasteiger partial charge in [-0.1, -0.05) is 0 Å². The molecule has 0 spiro atoms. The molecule has 1 saturated carbocycles. The molecule has 3 nitrogen and oxygen atoms in total. The van der Waals surface area contributed by atoms with E-state index < -0.39 is 0 Å².